The summed E-state index contributed by atoms with van der Waals surface area (Å²) >= 11 is 0. The Hall–Kier alpha value is -0.130. The van der Waals surface area contributed by atoms with E-state index in [9.17, 15) is 8.42 Å². The van der Waals surface area contributed by atoms with Crippen molar-refractivity contribution in [2.75, 3.05) is 32.4 Å². The summed E-state index contributed by atoms with van der Waals surface area (Å²) in [4.78, 5) is 0. The standard InChI is InChI=1S/C11H24N2O2S/c1-3-12-8-5-9-16(14,15)13(2)10-11-6-4-7-11/h11-12H,3-10H2,1-2H3. The van der Waals surface area contributed by atoms with Gasteiger partial charge in [-0.05, 0) is 38.3 Å². The van der Waals surface area contributed by atoms with Crippen LogP contribution in [-0.4, -0.2) is 45.2 Å². The lowest BCUT2D eigenvalue weighted by molar-refractivity contribution is 0.263. The van der Waals surface area contributed by atoms with Gasteiger partial charge in [0.2, 0.25) is 10.0 Å². The Labute approximate surface area is 99.5 Å². The van der Waals surface area contributed by atoms with Crippen LogP contribution in [0.1, 0.15) is 32.6 Å². The minimum Gasteiger partial charge on any atom is -0.317 e. The summed E-state index contributed by atoms with van der Waals surface area (Å²) in [5.41, 5.74) is 0. The summed E-state index contributed by atoms with van der Waals surface area (Å²) in [6.07, 6.45) is 4.35. The van der Waals surface area contributed by atoms with Crippen molar-refractivity contribution in [2.24, 2.45) is 5.92 Å². The highest BCUT2D eigenvalue weighted by atomic mass is 32.2. The van der Waals surface area contributed by atoms with Crippen LogP contribution in [0.3, 0.4) is 0 Å². The number of rotatable bonds is 8. The molecule has 0 aromatic heterocycles. The van der Waals surface area contributed by atoms with Gasteiger partial charge in [-0.3, -0.25) is 0 Å². The van der Waals surface area contributed by atoms with Crippen LogP contribution < -0.4 is 5.32 Å². The Balaban J connectivity index is 2.24. The van der Waals surface area contributed by atoms with Gasteiger partial charge in [0.25, 0.3) is 0 Å². The summed E-state index contributed by atoms with van der Waals surface area (Å²) in [6, 6.07) is 0. The van der Waals surface area contributed by atoms with E-state index in [0.717, 1.165) is 13.1 Å². The SMILES string of the molecule is CCNCCCS(=O)(=O)N(C)CC1CCC1. The van der Waals surface area contributed by atoms with Gasteiger partial charge in [0, 0.05) is 13.6 Å². The number of hydrogen-bond acceptors (Lipinski definition) is 3. The van der Waals surface area contributed by atoms with Crippen LogP contribution in [-0.2, 0) is 10.0 Å². The first-order chi connectivity index (χ1) is 7.56. The lowest BCUT2D eigenvalue weighted by Gasteiger charge is -2.29. The zero-order valence-electron chi connectivity index (χ0n) is 10.4. The maximum absolute atomic E-state index is 11.9. The molecule has 0 amide bonds. The topological polar surface area (TPSA) is 49.4 Å². The smallest absolute Gasteiger partial charge is 0.213 e. The average molecular weight is 248 g/mol. The minimum absolute atomic E-state index is 0.267. The molecule has 96 valence electrons. The van der Waals surface area contributed by atoms with Crippen LogP contribution in [0.4, 0.5) is 0 Å². The fourth-order valence-corrected chi connectivity index (χ4v) is 3.12. The third kappa shape index (κ3) is 4.39. The number of sulfonamides is 1. The molecule has 0 aromatic carbocycles. The van der Waals surface area contributed by atoms with Gasteiger partial charge in [0.15, 0.2) is 0 Å². The van der Waals surface area contributed by atoms with Gasteiger partial charge in [-0.1, -0.05) is 13.3 Å². The van der Waals surface area contributed by atoms with Gasteiger partial charge in [-0.25, -0.2) is 12.7 Å². The maximum atomic E-state index is 11.9. The number of nitrogens with one attached hydrogen (secondary N) is 1. The van der Waals surface area contributed by atoms with Crippen LogP contribution in [0.5, 0.6) is 0 Å². The van der Waals surface area contributed by atoms with Gasteiger partial charge in [-0.15, -0.1) is 0 Å². The van der Waals surface area contributed by atoms with E-state index in [2.05, 4.69) is 5.32 Å². The first kappa shape index (κ1) is 13.9. The van der Waals surface area contributed by atoms with E-state index in [-0.39, 0.29) is 5.75 Å². The number of hydrogen-bond donors (Lipinski definition) is 1. The molecule has 0 spiro atoms. The molecule has 1 rings (SSSR count). The van der Waals surface area contributed by atoms with Crippen LogP contribution in [0.2, 0.25) is 0 Å². The minimum atomic E-state index is -3.02. The molecule has 16 heavy (non-hydrogen) atoms. The molecule has 4 nitrogen and oxygen atoms in total. The molecule has 1 N–H and O–H groups in total. The molecule has 1 fully saturated rings. The second kappa shape index (κ2) is 6.57. The summed E-state index contributed by atoms with van der Waals surface area (Å²) in [7, 11) is -1.31. The largest absolute Gasteiger partial charge is 0.317 e. The molecule has 0 bridgehead atoms. The highest BCUT2D eigenvalue weighted by molar-refractivity contribution is 7.89. The van der Waals surface area contributed by atoms with Crippen molar-refractivity contribution in [1.29, 1.82) is 0 Å². The Morgan fingerprint density at radius 1 is 1.38 bits per heavy atom. The van der Waals surface area contributed by atoms with E-state index >= 15 is 0 Å². The molecular formula is C11H24N2O2S. The predicted molar refractivity (Wildman–Crippen MR) is 66.9 cm³/mol. The fraction of sp³-hybridized carbons (Fsp3) is 1.00. The normalized spacial score (nSPS) is 17.7. The summed E-state index contributed by atoms with van der Waals surface area (Å²) in [6.45, 7) is 4.42. The molecule has 1 aliphatic rings. The molecule has 1 aliphatic carbocycles. The molecule has 1 saturated carbocycles. The third-order valence-corrected chi connectivity index (χ3v) is 5.12. The van der Waals surface area contributed by atoms with Crippen molar-refractivity contribution in [3.8, 4) is 0 Å². The molecule has 0 radical (unpaired) electrons. The van der Waals surface area contributed by atoms with Gasteiger partial charge in [0.1, 0.15) is 0 Å². The van der Waals surface area contributed by atoms with E-state index in [4.69, 9.17) is 0 Å². The lowest BCUT2D eigenvalue weighted by atomic mass is 9.86. The van der Waals surface area contributed by atoms with Crippen molar-refractivity contribution < 1.29 is 8.42 Å². The maximum Gasteiger partial charge on any atom is 0.213 e. The average Bonchev–Trinajstić information content (AvgIpc) is 2.18. The van der Waals surface area contributed by atoms with Crippen molar-refractivity contribution in [1.82, 2.24) is 9.62 Å². The van der Waals surface area contributed by atoms with Crippen LogP contribution in [0.15, 0.2) is 0 Å². The van der Waals surface area contributed by atoms with Gasteiger partial charge >= 0.3 is 0 Å². The third-order valence-electron chi connectivity index (χ3n) is 3.22. The molecule has 0 saturated heterocycles. The summed E-state index contributed by atoms with van der Waals surface area (Å²) in [5.74, 6) is 0.872. The second-order valence-electron chi connectivity index (χ2n) is 4.60. The lowest BCUT2D eigenvalue weighted by Crippen LogP contribution is -2.36. The summed E-state index contributed by atoms with van der Waals surface area (Å²) in [5, 5.41) is 3.14. The van der Waals surface area contributed by atoms with E-state index in [0.29, 0.717) is 18.9 Å². The molecule has 5 heteroatoms. The Morgan fingerprint density at radius 3 is 2.56 bits per heavy atom. The molecule has 0 unspecified atom stereocenters. The van der Waals surface area contributed by atoms with Crippen LogP contribution >= 0.6 is 0 Å². The Bertz CT molecular complexity index is 286. The van der Waals surface area contributed by atoms with Crippen LogP contribution in [0, 0.1) is 5.92 Å². The quantitative estimate of drug-likeness (QED) is 0.653. The summed E-state index contributed by atoms with van der Waals surface area (Å²) < 4.78 is 25.3. The van der Waals surface area contributed by atoms with Crippen molar-refractivity contribution >= 4 is 10.0 Å². The Morgan fingerprint density at radius 2 is 2.06 bits per heavy atom. The zero-order chi connectivity index (χ0) is 12.0. The van der Waals surface area contributed by atoms with E-state index in [1.54, 1.807) is 11.4 Å². The molecule has 0 atom stereocenters. The fourth-order valence-electron chi connectivity index (χ4n) is 1.86. The van der Waals surface area contributed by atoms with E-state index < -0.39 is 10.0 Å². The van der Waals surface area contributed by atoms with Crippen molar-refractivity contribution in [3.63, 3.8) is 0 Å². The van der Waals surface area contributed by atoms with Crippen molar-refractivity contribution in [2.45, 2.75) is 32.6 Å². The van der Waals surface area contributed by atoms with Gasteiger partial charge < -0.3 is 5.32 Å². The highest BCUT2D eigenvalue weighted by Gasteiger charge is 2.24. The Kier molecular flexibility index (Phi) is 5.72. The predicted octanol–water partition coefficient (Wildman–Crippen LogP) is 1.05. The monoisotopic (exact) mass is 248 g/mol. The van der Waals surface area contributed by atoms with Gasteiger partial charge in [0.05, 0.1) is 5.75 Å². The van der Waals surface area contributed by atoms with Crippen LogP contribution in [0.25, 0.3) is 0 Å². The van der Waals surface area contributed by atoms with E-state index in [1.807, 2.05) is 6.92 Å². The molecule has 0 aromatic rings. The molecule has 0 aliphatic heterocycles. The first-order valence-corrected chi connectivity index (χ1v) is 7.82. The second-order valence-corrected chi connectivity index (χ2v) is 6.80. The molecular weight excluding hydrogens is 224 g/mol. The number of nitrogens with zero attached hydrogens (tertiary/aromatic N) is 1. The molecule has 0 heterocycles. The first-order valence-electron chi connectivity index (χ1n) is 6.21. The van der Waals surface area contributed by atoms with Crippen molar-refractivity contribution in [3.05, 3.63) is 0 Å². The van der Waals surface area contributed by atoms with E-state index in [1.165, 1.54) is 19.3 Å². The van der Waals surface area contributed by atoms with Gasteiger partial charge in [-0.2, -0.15) is 0 Å². The zero-order valence-corrected chi connectivity index (χ0v) is 11.2. The highest BCUT2D eigenvalue weighted by Crippen LogP contribution is 2.27.